The Bertz CT molecular complexity index is 371. The van der Waals surface area contributed by atoms with Crippen molar-refractivity contribution in [2.45, 2.75) is 38.6 Å². The highest BCUT2D eigenvalue weighted by Crippen LogP contribution is 2.42. The molecule has 1 unspecified atom stereocenters. The van der Waals surface area contributed by atoms with Crippen LogP contribution >= 0.6 is 0 Å². The van der Waals surface area contributed by atoms with E-state index >= 15 is 0 Å². The van der Waals surface area contributed by atoms with Crippen molar-refractivity contribution in [2.75, 3.05) is 12.4 Å². The fourth-order valence-electron chi connectivity index (χ4n) is 2.53. The maximum atomic E-state index is 5.39. The molecule has 0 saturated heterocycles. The lowest BCUT2D eigenvalue weighted by Gasteiger charge is -2.38. The van der Waals surface area contributed by atoms with Crippen molar-refractivity contribution in [1.82, 2.24) is 0 Å². The van der Waals surface area contributed by atoms with Crippen LogP contribution in [0.4, 0.5) is 5.69 Å². The average molecular weight is 205 g/mol. The molecule has 0 bridgehead atoms. The molecule has 1 aromatic rings. The number of hydrogen-bond acceptors (Lipinski definition) is 2. The van der Waals surface area contributed by atoms with Gasteiger partial charge < -0.3 is 10.1 Å². The van der Waals surface area contributed by atoms with Gasteiger partial charge in [0.2, 0.25) is 0 Å². The molecule has 82 valence electrons. The molecule has 0 fully saturated rings. The second kappa shape index (κ2) is 3.44. The minimum absolute atomic E-state index is 0.154. The second-order valence-electron chi connectivity index (χ2n) is 5.04. The van der Waals surface area contributed by atoms with Gasteiger partial charge in [0, 0.05) is 5.54 Å². The normalized spacial score (nSPS) is 22.8. The molecule has 1 aliphatic rings. The van der Waals surface area contributed by atoms with Crippen LogP contribution < -0.4 is 10.1 Å². The zero-order valence-corrected chi connectivity index (χ0v) is 9.92. The van der Waals surface area contributed by atoms with Crippen molar-refractivity contribution in [2.24, 2.45) is 0 Å². The van der Waals surface area contributed by atoms with Crippen LogP contribution in [-0.2, 0) is 0 Å². The number of para-hydroxylation sites is 1. The second-order valence-corrected chi connectivity index (χ2v) is 5.04. The van der Waals surface area contributed by atoms with Crippen LogP contribution in [-0.4, -0.2) is 12.6 Å². The Morgan fingerprint density at radius 3 is 2.80 bits per heavy atom. The molecular formula is C13H19NO. The van der Waals surface area contributed by atoms with Gasteiger partial charge >= 0.3 is 0 Å². The predicted molar refractivity (Wildman–Crippen MR) is 63.7 cm³/mol. The Hall–Kier alpha value is -1.18. The zero-order valence-electron chi connectivity index (χ0n) is 9.92. The summed E-state index contributed by atoms with van der Waals surface area (Å²) >= 11 is 0. The number of fused-ring (bicyclic) bond motifs is 1. The van der Waals surface area contributed by atoms with E-state index in [1.807, 2.05) is 6.07 Å². The first-order valence-corrected chi connectivity index (χ1v) is 5.48. The van der Waals surface area contributed by atoms with Crippen molar-refractivity contribution < 1.29 is 4.74 Å². The summed E-state index contributed by atoms with van der Waals surface area (Å²) in [5.74, 6) is 1.54. The van der Waals surface area contributed by atoms with E-state index in [0.29, 0.717) is 5.92 Å². The monoisotopic (exact) mass is 205 g/mol. The highest BCUT2D eigenvalue weighted by atomic mass is 16.5. The molecule has 0 spiro atoms. The van der Waals surface area contributed by atoms with Crippen molar-refractivity contribution in [1.29, 1.82) is 0 Å². The van der Waals surface area contributed by atoms with Gasteiger partial charge in [0.15, 0.2) is 0 Å². The third-order valence-corrected chi connectivity index (χ3v) is 3.09. The van der Waals surface area contributed by atoms with Gasteiger partial charge in [0.25, 0.3) is 0 Å². The van der Waals surface area contributed by atoms with Gasteiger partial charge in [-0.3, -0.25) is 0 Å². The predicted octanol–water partition coefficient (Wildman–Crippen LogP) is 3.39. The average Bonchev–Trinajstić information content (AvgIpc) is 2.15. The fourth-order valence-corrected chi connectivity index (χ4v) is 2.53. The van der Waals surface area contributed by atoms with Crippen LogP contribution in [0.25, 0.3) is 0 Å². The number of benzene rings is 1. The Labute approximate surface area is 91.6 Å². The molecule has 0 aliphatic carbocycles. The lowest BCUT2D eigenvalue weighted by Crippen LogP contribution is -2.36. The first kappa shape index (κ1) is 10.3. The van der Waals surface area contributed by atoms with Gasteiger partial charge in [-0.1, -0.05) is 19.1 Å². The molecule has 15 heavy (non-hydrogen) atoms. The van der Waals surface area contributed by atoms with E-state index in [9.17, 15) is 0 Å². The number of anilines is 1. The summed E-state index contributed by atoms with van der Waals surface area (Å²) in [4.78, 5) is 0. The van der Waals surface area contributed by atoms with Gasteiger partial charge in [-0.25, -0.2) is 0 Å². The summed E-state index contributed by atoms with van der Waals surface area (Å²) in [5.41, 5.74) is 2.69. The molecule has 0 saturated carbocycles. The van der Waals surface area contributed by atoms with E-state index in [1.54, 1.807) is 7.11 Å². The number of nitrogens with one attached hydrogen (secondary N) is 1. The van der Waals surface area contributed by atoms with Gasteiger partial charge in [-0.05, 0) is 37.8 Å². The third-order valence-electron chi connectivity index (χ3n) is 3.09. The van der Waals surface area contributed by atoms with E-state index in [-0.39, 0.29) is 5.54 Å². The molecule has 1 N–H and O–H groups in total. The summed E-state index contributed by atoms with van der Waals surface area (Å²) in [6, 6.07) is 6.26. The topological polar surface area (TPSA) is 21.3 Å². The molecule has 1 atom stereocenters. The van der Waals surface area contributed by atoms with Gasteiger partial charge in [-0.2, -0.15) is 0 Å². The van der Waals surface area contributed by atoms with Crippen molar-refractivity contribution in [3.05, 3.63) is 23.8 Å². The van der Waals surface area contributed by atoms with E-state index < -0.39 is 0 Å². The van der Waals surface area contributed by atoms with Gasteiger partial charge in [0.05, 0.1) is 12.8 Å². The van der Waals surface area contributed by atoms with E-state index in [4.69, 9.17) is 4.74 Å². The van der Waals surface area contributed by atoms with Gasteiger partial charge in [-0.15, -0.1) is 0 Å². The Morgan fingerprint density at radius 2 is 2.13 bits per heavy atom. The van der Waals surface area contributed by atoms with E-state index in [2.05, 4.69) is 38.2 Å². The number of methoxy groups -OCH3 is 1. The number of hydrogen-bond donors (Lipinski definition) is 1. The summed E-state index contributed by atoms with van der Waals surface area (Å²) in [7, 11) is 1.73. The summed E-state index contributed by atoms with van der Waals surface area (Å²) in [5, 5.41) is 3.56. The molecule has 2 heteroatoms. The molecule has 1 heterocycles. The van der Waals surface area contributed by atoms with Crippen LogP contribution in [0, 0.1) is 0 Å². The Kier molecular flexibility index (Phi) is 2.37. The molecule has 0 amide bonds. The first-order valence-electron chi connectivity index (χ1n) is 5.48. The van der Waals surface area contributed by atoms with Crippen molar-refractivity contribution >= 4 is 5.69 Å². The number of rotatable bonds is 1. The van der Waals surface area contributed by atoms with E-state index in [1.165, 1.54) is 11.3 Å². The smallest absolute Gasteiger partial charge is 0.142 e. The third kappa shape index (κ3) is 1.81. The van der Waals surface area contributed by atoms with E-state index in [0.717, 1.165) is 12.2 Å². The summed E-state index contributed by atoms with van der Waals surface area (Å²) in [6.07, 6.45) is 1.16. The molecule has 1 aliphatic heterocycles. The highest BCUT2D eigenvalue weighted by Gasteiger charge is 2.30. The number of ether oxygens (including phenoxy) is 1. The lowest BCUT2D eigenvalue weighted by atomic mass is 9.82. The zero-order chi connectivity index (χ0) is 11.1. The van der Waals surface area contributed by atoms with Crippen LogP contribution in [0.3, 0.4) is 0 Å². The standard InChI is InChI=1S/C13H19NO/c1-9-8-13(2,3)14-12-10(9)6-5-7-11(12)15-4/h5-7,9,14H,8H2,1-4H3. The fraction of sp³-hybridized carbons (Fsp3) is 0.538. The quantitative estimate of drug-likeness (QED) is 0.758. The maximum absolute atomic E-state index is 5.39. The molecular weight excluding hydrogens is 186 g/mol. The van der Waals surface area contributed by atoms with Crippen LogP contribution in [0.15, 0.2) is 18.2 Å². The molecule has 2 nitrogen and oxygen atoms in total. The first-order chi connectivity index (χ1) is 7.03. The van der Waals surface area contributed by atoms with Crippen LogP contribution in [0.2, 0.25) is 0 Å². The molecule has 0 radical (unpaired) electrons. The van der Waals surface area contributed by atoms with Gasteiger partial charge in [0.1, 0.15) is 5.75 Å². The summed E-state index contributed by atoms with van der Waals surface area (Å²) in [6.45, 7) is 6.75. The highest BCUT2D eigenvalue weighted by molar-refractivity contribution is 5.66. The van der Waals surface area contributed by atoms with Crippen molar-refractivity contribution in [3.63, 3.8) is 0 Å². The molecule has 0 aromatic heterocycles. The lowest BCUT2D eigenvalue weighted by molar-refractivity contribution is 0.403. The Morgan fingerprint density at radius 1 is 1.40 bits per heavy atom. The van der Waals surface area contributed by atoms with Crippen LogP contribution in [0.5, 0.6) is 5.75 Å². The maximum Gasteiger partial charge on any atom is 0.142 e. The minimum Gasteiger partial charge on any atom is -0.495 e. The largest absolute Gasteiger partial charge is 0.495 e. The van der Waals surface area contributed by atoms with Crippen molar-refractivity contribution in [3.8, 4) is 5.75 Å². The van der Waals surface area contributed by atoms with Crippen LogP contribution in [0.1, 0.15) is 38.7 Å². The molecule has 1 aromatic carbocycles. The summed E-state index contributed by atoms with van der Waals surface area (Å²) < 4.78 is 5.39. The SMILES string of the molecule is COc1cccc2c1NC(C)(C)CC2C. The minimum atomic E-state index is 0.154. The Balaban J connectivity index is 2.50. The molecule has 2 rings (SSSR count).